The van der Waals surface area contributed by atoms with Gasteiger partial charge in [-0.05, 0) is 19.1 Å². The molecule has 0 radical (unpaired) electrons. The third kappa shape index (κ3) is 4.69. The smallest absolute Gasteiger partial charge is 0.490 e. The topological polar surface area (TPSA) is 79.1 Å². The first-order valence-corrected chi connectivity index (χ1v) is 8.68. The van der Waals surface area contributed by atoms with E-state index in [4.69, 9.17) is 27.8 Å². The number of hydrogen-bond acceptors (Lipinski definition) is 7. The molecule has 22 heavy (non-hydrogen) atoms. The molecular weight excluding hydrogens is 311 g/mol. The number of rotatable bonds is 10. The van der Waals surface area contributed by atoms with Crippen molar-refractivity contribution < 1.29 is 32.3 Å². The van der Waals surface area contributed by atoms with Crippen molar-refractivity contribution >= 4 is 7.82 Å². The summed E-state index contributed by atoms with van der Waals surface area (Å²) in [4.78, 5) is 0. The maximum Gasteiger partial charge on any atom is 0.530 e. The fourth-order valence-electron chi connectivity index (χ4n) is 1.69. The standard InChI is InChI=1S/C14H19O7P/c1-2-16-13-5-3-4-6-14(13)21-22(15,19-9-11-7-17-11)20-10-12-8-18-12/h3-6,11-12H,2,7-10H2,1H3. The van der Waals surface area contributed by atoms with Crippen molar-refractivity contribution in [3.05, 3.63) is 24.3 Å². The fourth-order valence-corrected chi connectivity index (χ4v) is 2.96. The number of ether oxygens (including phenoxy) is 3. The lowest BCUT2D eigenvalue weighted by molar-refractivity contribution is 0.135. The van der Waals surface area contributed by atoms with Crippen molar-refractivity contribution in [2.24, 2.45) is 0 Å². The molecule has 7 nitrogen and oxygen atoms in total. The molecule has 2 saturated heterocycles. The summed E-state index contributed by atoms with van der Waals surface area (Å²) in [6.45, 7) is 3.86. The third-order valence-electron chi connectivity index (χ3n) is 3.00. The molecule has 0 spiro atoms. The Balaban J connectivity index is 1.68. The van der Waals surface area contributed by atoms with E-state index in [0.717, 1.165) is 0 Å². The van der Waals surface area contributed by atoms with Crippen LogP contribution in [0.5, 0.6) is 11.5 Å². The van der Waals surface area contributed by atoms with Crippen LogP contribution >= 0.6 is 7.82 Å². The van der Waals surface area contributed by atoms with Crippen LogP contribution in [0.1, 0.15) is 6.92 Å². The minimum atomic E-state index is -3.76. The number of phosphoric acid groups is 1. The van der Waals surface area contributed by atoms with Crippen molar-refractivity contribution in [1.29, 1.82) is 0 Å². The van der Waals surface area contributed by atoms with Gasteiger partial charge in [0.25, 0.3) is 0 Å². The van der Waals surface area contributed by atoms with E-state index in [1.165, 1.54) is 0 Å². The van der Waals surface area contributed by atoms with Gasteiger partial charge in [0.2, 0.25) is 0 Å². The maximum absolute atomic E-state index is 12.8. The fraction of sp³-hybridized carbons (Fsp3) is 0.571. The number of phosphoric ester groups is 1. The largest absolute Gasteiger partial charge is 0.530 e. The predicted molar refractivity (Wildman–Crippen MR) is 77.2 cm³/mol. The van der Waals surface area contributed by atoms with E-state index >= 15 is 0 Å². The van der Waals surface area contributed by atoms with Gasteiger partial charge < -0.3 is 18.7 Å². The molecule has 0 amide bonds. The molecule has 122 valence electrons. The normalized spacial score (nSPS) is 25.3. The molecule has 2 aliphatic rings. The lowest BCUT2D eigenvalue weighted by Gasteiger charge is -2.19. The van der Waals surface area contributed by atoms with Gasteiger partial charge in [0, 0.05) is 0 Å². The first-order chi connectivity index (χ1) is 10.7. The van der Waals surface area contributed by atoms with Gasteiger partial charge in [0.1, 0.15) is 12.2 Å². The molecule has 0 saturated carbocycles. The Bertz CT molecular complexity index is 522. The van der Waals surface area contributed by atoms with E-state index in [1.54, 1.807) is 24.3 Å². The zero-order valence-corrected chi connectivity index (χ0v) is 13.2. The van der Waals surface area contributed by atoms with Gasteiger partial charge in [-0.25, -0.2) is 4.57 Å². The highest BCUT2D eigenvalue weighted by Gasteiger charge is 2.36. The van der Waals surface area contributed by atoms with Crippen LogP contribution in [0.2, 0.25) is 0 Å². The first-order valence-electron chi connectivity index (χ1n) is 7.22. The first kappa shape index (κ1) is 15.8. The zero-order valence-electron chi connectivity index (χ0n) is 12.3. The molecule has 0 N–H and O–H groups in total. The van der Waals surface area contributed by atoms with Crippen LogP contribution in [0.4, 0.5) is 0 Å². The van der Waals surface area contributed by atoms with E-state index < -0.39 is 7.82 Å². The van der Waals surface area contributed by atoms with Gasteiger partial charge in [-0.3, -0.25) is 9.05 Å². The summed E-state index contributed by atoms with van der Waals surface area (Å²) in [5.74, 6) is 0.809. The molecule has 0 aliphatic carbocycles. The minimum absolute atomic E-state index is 0.0418. The summed E-state index contributed by atoms with van der Waals surface area (Å²) in [6, 6.07) is 6.96. The van der Waals surface area contributed by atoms with Crippen LogP contribution in [-0.4, -0.2) is 45.2 Å². The molecule has 1 aromatic carbocycles. The summed E-state index contributed by atoms with van der Waals surface area (Å²) < 4.78 is 44.5. The Hall–Kier alpha value is -1.11. The second kappa shape index (κ2) is 6.98. The van der Waals surface area contributed by atoms with E-state index in [9.17, 15) is 4.57 Å². The molecular formula is C14H19O7P. The number of epoxide rings is 2. The summed E-state index contributed by atoms with van der Waals surface area (Å²) in [5.41, 5.74) is 0. The Kier molecular flexibility index (Phi) is 5.00. The molecule has 3 rings (SSSR count). The summed E-state index contributed by atoms with van der Waals surface area (Å²) in [7, 11) is -3.76. The lowest BCUT2D eigenvalue weighted by atomic mass is 10.3. The van der Waals surface area contributed by atoms with Gasteiger partial charge >= 0.3 is 7.82 Å². The van der Waals surface area contributed by atoms with Crippen LogP contribution < -0.4 is 9.26 Å². The average Bonchev–Trinajstić information content (AvgIpc) is 3.39. The van der Waals surface area contributed by atoms with Crippen molar-refractivity contribution in [2.75, 3.05) is 33.0 Å². The molecule has 1 aromatic rings. The molecule has 2 aliphatic heterocycles. The van der Waals surface area contributed by atoms with E-state index in [-0.39, 0.29) is 25.4 Å². The van der Waals surface area contributed by atoms with Crippen LogP contribution in [0.3, 0.4) is 0 Å². The molecule has 0 bridgehead atoms. The second-order valence-corrected chi connectivity index (χ2v) is 6.51. The number of hydrogen-bond donors (Lipinski definition) is 0. The van der Waals surface area contributed by atoms with Gasteiger partial charge in [-0.15, -0.1) is 0 Å². The minimum Gasteiger partial charge on any atom is -0.490 e. The summed E-state index contributed by atoms with van der Waals surface area (Å²) in [5, 5.41) is 0. The van der Waals surface area contributed by atoms with E-state index in [2.05, 4.69) is 0 Å². The van der Waals surface area contributed by atoms with Crippen molar-refractivity contribution in [1.82, 2.24) is 0 Å². The van der Waals surface area contributed by atoms with Gasteiger partial charge in [-0.2, -0.15) is 0 Å². The monoisotopic (exact) mass is 330 g/mol. The van der Waals surface area contributed by atoms with Gasteiger partial charge in [-0.1, -0.05) is 12.1 Å². The van der Waals surface area contributed by atoms with Crippen LogP contribution in [0.25, 0.3) is 0 Å². The highest BCUT2D eigenvalue weighted by Crippen LogP contribution is 2.52. The van der Waals surface area contributed by atoms with Crippen LogP contribution in [0, 0.1) is 0 Å². The SMILES string of the molecule is CCOc1ccccc1OP(=O)(OCC1CO1)OCC1CO1. The Morgan fingerprint density at radius 1 is 1.09 bits per heavy atom. The predicted octanol–water partition coefficient (Wildman–Crippen LogP) is 2.40. The third-order valence-corrected chi connectivity index (χ3v) is 4.35. The van der Waals surface area contributed by atoms with Crippen molar-refractivity contribution in [3.63, 3.8) is 0 Å². The highest BCUT2D eigenvalue weighted by molar-refractivity contribution is 7.48. The average molecular weight is 330 g/mol. The molecule has 2 unspecified atom stereocenters. The van der Waals surface area contributed by atoms with E-state index in [1.807, 2.05) is 6.92 Å². The van der Waals surface area contributed by atoms with Gasteiger partial charge in [0.05, 0.1) is 33.0 Å². The molecule has 2 fully saturated rings. The molecule has 2 heterocycles. The zero-order chi connectivity index (χ0) is 15.4. The summed E-state index contributed by atoms with van der Waals surface area (Å²) in [6.07, 6.45) is -0.0836. The van der Waals surface area contributed by atoms with Crippen LogP contribution in [-0.2, 0) is 23.1 Å². The quantitative estimate of drug-likeness (QED) is 0.481. The van der Waals surface area contributed by atoms with Crippen molar-refractivity contribution in [2.45, 2.75) is 19.1 Å². The Morgan fingerprint density at radius 3 is 2.14 bits per heavy atom. The van der Waals surface area contributed by atoms with Crippen molar-refractivity contribution in [3.8, 4) is 11.5 Å². The highest BCUT2D eigenvalue weighted by atomic mass is 31.2. The Labute approximate surface area is 129 Å². The maximum atomic E-state index is 12.8. The Morgan fingerprint density at radius 2 is 1.64 bits per heavy atom. The number of para-hydroxylation sites is 2. The summed E-state index contributed by atoms with van der Waals surface area (Å²) >= 11 is 0. The molecule has 0 aromatic heterocycles. The van der Waals surface area contributed by atoms with Crippen LogP contribution in [0.15, 0.2) is 24.3 Å². The lowest BCUT2D eigenvalue weighted by Crippen LogP contribution is -2.10. The van der Waals surface area contributed by atoms with Gasteiger partial charge in [0.15, 0.2) is 11.5 Å². The second-order valence-electron chi connectivity index (χ2n) is 4.92. The molecule has 2 atom stereocenters. The number of benzene rings is 1. The van der Waals surface area contributed by atoms with E-state index in [0.29, 0.717) is 31.3 Å². The molecule has 8 heteroatoms.